The highest BCUT2D eigenvalue weighted by Crippen LogP contribution is 1.97. The van der Waals surface area contributed by atoms with Gasteiger partial charge in [-0.15, -0.1) is 0 Å². The summed E-state index contributed by atoms with van der Waals surface area (Å²) in [5.74, 6) is -0.409. The van der Waals surface area contributed by atoms with Crippen molar-refractivity contribution in [3.8, 4) is 0 Å². The zero-order chi connectivity index (χ0) is 13.3. The Morgan fingerprint density at radius 3 is 2.47 bits per heavy atom. The van der Waals surface area contributed by atoms with Crippen molar-refractivity contribution in [1.29, 1.82) is 0 Å². The van der Waals surface area contributed by atoms with Gasteiger partial charge >= 0.3 is 5.97 Å². The van der Waals surface area contributed by atoms with Crippen LogP contribution in [0.25, 0.3) is 0 Å². The number of nitrogens with one attached hydrogen (secondary N) is 1. The van der Waals surface area contributed by atoms with Gasteiger partial charge in [-0.1, -0.05) is 0 Å². The molecule has 5 nitrogen and oxygen atoms in total. The van der Waals surface area contributed by atoms with E-state index in [9.17, 15) is 9.59 Å². The molecule has 1 N–H and O–H groups in total. The molecule has 0 aromatic rings. The Kier molecular flexibility index (Phi) is 8.40. The topological polar surface area (TPSA) is 58.6 Å². The number of nitrogens with zero attached hydrogens (tertiary/aromatic N) is 1. The first-order valence-corrected chi connectivity index (χ1v) is 6.05. The quantitative estimate of drug-likeness (QED) is 0.641. The fraction of sp³-hybridized carbons (Fsp3) is 0.833. The molecule has 1 unspecified atom stereocenters. The highest BCUT2D eigenvalue weighted by molar-refractivity contribution is 5.81. The molecule has 0 radical (unpaired) electrons. The summed E-state index contributed by atoms with van der Waals surface area (Å²) in [6.45, 7) is 5.01. The predicted molar refractivity (Wildman–Crippen MR) is 66.6 cm³/mol. The van der Waals surface area contributed by atoms with Crippen LogP contribution in [0.2, 0.25) is 0 Å². The van der Waals surface area contributed by atoms with Crippen LogP contribution in [0.15, 0.2) is 0 Å². The number of hydrogen-bond donors (Lipinski definition) is 1. The fourth-order valence-corrected chi connectivity index (χ4v) is 1.32. The Morgan fingerprint density at radius 1 is 1.29 bits per heavy atom. The van der Waals surface area contributed by atoms with Crippen LogP contribution >= 0.6 is 0 Å². The van der Waals surface area contributed by atoms with E-state index in [0.717, 1.165) is 13.0 Å². The molecule has 0 saturated heterocycles. The van der Waals surface area contributed by atoms with Crippen LogP contribution < -0.4 is 5.32 Å². The van der Waals surface area contributed by atoms with Crippen LogP contribution in [0, 0.1) is 0 Å². The molecule has 100 valence electrons. The Morgan fingerprint density at radius 2 is 1.94 bits per heavy atom. The summed E-state index contributed by atoms with van der Waals surface area (Å²) in [6, 6.07) is 0.132. The van der Waals surface area contributed by atoms with Crippen LogP contribution in [-0.2, 0) is 14.3 Å². The van der Waals surface area contributed by atoms with Gasteiger partial charge in [-0.05, 0) is 40.9 Å². The SMILES string of the molecule is CCOC(=O)CCC(=O)NC(C)CCN(C)C. The molecule has 0 bridgehead atoms. The molecular weight excluding hydrogens is 220 g/mol. The largest absolute Gasteiger partial charge is 0.466 e. The average Bonchev–Trinajstić information content (AvgIpc) is 2.24. The first kappa shape index (κ1) is 15.9. The van der Waals surface area contributed by atoms with Gasteiger partial charge in [0, 0.05) is 12.5 Å². The third kappa shape index (κ3) is 9.81. The number of rotatable bonds is 8. The van der Waals surface area contributed by atoms with E-state index in [0.29, 0.717) is 6.61 Å². The lowest BCUT2D eigenvalue weighted by Gasteiger charge is -2.16. The van der Waals surface area contributed by atoms with E-state index in [1.54, 1.807) is 6.92 Å². The maximum absolute atomic E-state index is 11.5. The normalized spacial score (nSPS) is 12.3. The van der Waals surface area contributed by atoms with Gasteiger partial charge < -0.3 is 15.0 Å². The minimum atomic E-state index is -0.316. The van der Waals surface area contributed by atoms with Gasteiger partial charge in [0.05, 0.1) is 13.0 Å². The van der Waals surface area contributed by atoms with Gasteiger partial charge in [-0.3, -0.25) is 9.59 Å². The van der Waals surface area contributed by atoms with Gasteiger partial charge in [0.15, 0.2) is 0 Å². The van der Waals surface area contributed by atoms with E-state index in [-0.39, 0.29) is 30.8 Å². The van der Waals surface area contributed by atoms with Crippen LogP contribution in [0.4, 0.5) is 0 Å². The number of ether oxygens (including phenoxy) is 1. The van der Waals surface area contributed by atoms with Gasteiger partial charge in [0.1, 0.15) is 0 Å². The van der Waals surface area contributed by atoms with Crippen molar-refractivity contribution in [3.05, 3.63) is 0 Å². The molecule has 0 aromatic carbocycles. The molecule has 0 fully saturated rings. The number of hydrogen-bond acceptors (Lipinski definition) is 4. The third-order valence-electron chi connectivity index (χ3n) is 2.28. The zero-order valence-electron chi connectivity index (χ0n) is 11.3. The van der Waals surface area contributed by atoms with E-state index in [1.807, 2.05) is 21.0 Å². The molecule has 0 aliphatic carbocycles. The lowest BCUT2D eigenvalue weighted by atomic mass is 10.2. The number of carbonyl (C=O) groups is 2. The van der Waals surface area contributed by atoms with Gasteiger partial charge in [0.25, 0.3) is 0 Å². The summed E-state index contributed by atoms with van der Waals surface area (Å²) in [4.78, 5) is 24.6. The second-order valence-electron chi connectivity index (χ2n) is 4.37. The Bertz CT molecular complexity index is 242. The highest BCUT2D eigenvalue weighted by atomic mass is 16.5. The lowest BCUT2D eigenvalue weighted by Crippen LogP contribution is -2.34. The molecule has 0 saturated carbocycles. The molecule has 17 heavy (non-hydrogen) atoms. The standard InChI is InChI=1S/C12H24N2O3/c1-5-17-12(16)7-6-11(15)13-10(2)8-9-14(3)4/h10H,5-9H2,1-4H3,(H,13,15). The average molecular weight is 244 g/mol. The Balaban J connectivity index is 3.67. The molecule has 1 atom stereocenters. The first-order chi connectivity index (χ1) is 7.95. The molecule has 0 aliphatic rings. The predicted octanol–water partition coefficient (Wildman–Crippen LogP) is 0.786. The van der Waals surface area contributed by atoms with E-state index in [2.05, 4.69) is 10.2 Å². The van der Waals surface area contributed by atoms with Gasteiger partial charge in [-0.2, -0.15) is 0 Å². The Labute approximate surface area is 103 Å². The molecule has 0 aromatic heterocycles. The van der Waals surface area contributed by atoms with E-state index in [1.165, 1.54) is 0 Å². The molecular formula is C12H24N2O3. The third-order valence-corrected chi connectivity index (χ3v) is 2.28. The summed E-state index contributed by atoms with van der Waals surface area (Å²) in [5, 5.41) is 2.86. The van der Waals surface area contributed by atoms with E-state index < -0.39 is 0 Å². The van der Waals surface area contributed by atoms with Crippen molar-refractivity contribution in [2.75, 3.05) is 27.2 Å². The molecule has 0 heterocycles. The first-order valence-electron chi connectivity index (χ1n) is 6.05. The van der Waals surface area contributed by atoms with Crippen LogP contribution in [-0.4, -0.2) is 50.1 Å². The van der Waals surface area contributed by atoms with E-state index >= 15 is 0 Å². The van der Waals surface area contributed by atoms with Gasteiger partial charge in [0.2, 0.25) is 5.91 Å². The van der Waals surface area contributed by atoms with Gasteiger partial charge in [-0.25, -0.2) is 0 Å². The van der Waals surface area contributed by atoms with Crippen LogP contribution in [0.3, 0.4) is 0 Å². The molecule has 1 amide bonds. The molecule has 0 rings (SSSR count). The summed E-state index contributed by atoms with van der Waals surface area (Å²) in [6.07, 6.45) is 1.25. The maximum atomic E-state index is 11.5. The van der Waals surface area contributed by atoms with Crippen molar-refractivity contribution >= 4 is 11.9 Å². The van der Waals surface area contributed by atoms with Crippen LogP contribution in [0.5, 0.6) is 0 Å². The minimum absolute atomic E-state index is 0.0932. The minimum Gasteiger partial charge on any atom is -0.466 e. The second-order valence-corrected chi connectivity index (χ2v) is 4.37. The summed E-state index contributed by atoms with van der Waals surface area (Å²) >= 11 is 0. The molecule has 0 aliphatic heterocycles. The summed E-state index contributed by atoms with van der Waals surface area (Å²) < 4.78 is 4.75. The summed E-state index contributed by atoms with van der Waals surface area (Å²) in [7, 11) is 3.99. The number of carbonyl (C=O) groups excluding carboxylic acids is 2. The maximum Gasteiger partial charge on any atom is 0.306 e. The smallest absolute Gasteiger partial charge is 0.306 e. The van der Waals surface area contributed by atoms with Crippen molar-refractivity contribution in [3.63, 3.8) is 0 Å². The lowest BCUT2D eigenvalue weighted by molar-refractivity contribution is -0.144. The number of amides is 1. The highest BCUT2D eigenvalue weighted by Gasteiger charge is 2.10. The summed E-state index contributed by atoms with van der Waals surface area (Å²) in [5.41, 5.74) is 0. The van der Waals surface area contributed by atoms with Crippen molar-refractivity contribution in [2.45, 2.75) is 39.2 Å². The second kappa shape index (κ2) is 8.98. The van der Waals surface area contributed by atoms with E-state index in [4.69, 9.17) is 4.74 Å². The Hall–Kier alpha value is -1.10. The zero-order valence-corrected chi connectivity index (χ0v) is 11.3. The monoisotopic (exact) mass is 244 g/mol. The number of esters is 1. The van der Waals surface area contributed by atoms with Crippen molar-refractivity contribution in [2.24, 2.45) is 0 Å². The van der Waals surface area contributed by atoms with Crippen LogP contribution in [0.1, 0.15) is 33.1 Å². The molecule has 0 spiro atoms. The molecule has 5 heteroatoms. The van der Waals surface area contributed by atoms with Crippen molar-refractivity contribution < 1.29 is 14.3 Å². The fourth-order valence-electron chi connectivity index (χ4n) is 1.32. The van der Waals surface area contributed by atoms with Crippen molar-refractivity contribution in [1.82, 2.24) is 10.2 Å².